The van der Waals surface area contributed by atoms with E-state index < -0.39 is 0 Å². The highest BCUT2D eigenvalue weighted by molar-refractivity contribution is 5.94. The fourth-order valence-electron chi connectivity index (χ4n) is 4.21. The van der Waals surface area contributed by atoms with Gasteiger partial charge in [-0.1, -0.05) is 20.3 Å². The Morgan fingerprint density at radius 2 is 1.74 bits per heavy atom. The van der Waals surface area contributed by atoms with Crippen molar-refractivity contribution in [1.29, 1.82) is 0 Å². The van der Waals surface area contributed by atoms with Crippen LogP contribution in [0.5, 0.6) is 5.75 Å². The number of carbonyl (C=O) groups excluding carboxylic acids is 1. The molecule has 0 N–H and O–H groups in total. The van der Waals surface area contributed by atoms with Gasteiger partial charge in [0.25, 0.3) is 5.91 Å². The molecule has 0 radical (unpaired) electrons. The van der Waals surface area contributed by atoms with Crippen LogP contribution in [0.25, 0.3) is 0 Å². The first-order chi connectivity index (χ1) is 13.1. The van der Waals surface area contributed by atoms with Crippen LogP contribution >= 0.6 is 0 Å². The van der Waals surface area contributed by atoms with Gasteiger partial charge >= 0.3 is 0 Å². The Balaban J connectivity index is 1.57. The van der Waals surface area contributed by atoms with Gasteiger partial charge in [-0.25, -0.2) is 0 Å². The van der Waals surface area contributed by atoms with Crippen LogP contribution in [-0.2, 0) is 0 Å². The molecule has 2 heterocycles. The third-order valence-electron chi connectivity index (χ3n) is 5.80. The number of amides is 1. The lowest BCUT2D eigenvalue weighted by Crippen LogP contribution is -2.45. The van der Waals surface area contributed by atoms with Crippen molar-refractivity contribution >= 4 is 5.91 Å². The van der Waals surface area contributed by atoms with Crippen LogP contribution < -0.4 is 4.74 Å². The van der Waals surface area contributed by atoms with E-state index in [2.05, 4.69) is 23.6 Å². The van der Waals surface area contributed by atoms with Crippen molar-refractivity contribution in [1.82, 2.24) is 9.80 Å². The Bertz CT molecular complexity index is 579. The second-order valence-corrected chi connectivity index (χ2v) is 8.57. The minimum atomic E-state index is 0.189. The average Bonchev–Trinajstić information content (AvgIpc) is 2.71. The fourth-order valence-corrected chi connectivity index (χ4v) is 4.21. The highest BCUT2D eigenvalue weighted by Gasteiger charge is 2.28. The normalized spacial score (nSPS) is 21.4. The SMILES string of the molecule is CC(C)COc1ccc(C(=O)N2CCCC[C@@H]2CCN2CCCCC2)cc1. The molecule has 2 aliphatic heterocycles. The van der Waals surface area contributed by atoms with Gasteiger partial charge in [-0.3, -0.25) is 4.79 Å². The predicted octanol–water partition coefficient (Wildman–Crippen LogP) is 4.59. The molecule has 2 aliphatic rings. The van der Waals surface area contributed by atoms with E-state index in [1.165, 1.54) is 38.8 Å². The maximum atomic E-state index is 13.1. The van der Waals surface area contributed by atoms with Crippen LogP contribution in [-0.4, -0.2) is 54.5 Å². The van der Waals surface area contributed by atoms with Crippen molar-refractivity contribution in [2.75, 3.05) is 32.8 Å². The molecular formula is C23H36N2O2. The zero-order chi connectivity index (χ0) is 19.1. The molecule has 0 bridgehead atoms. The molecule has 0 saturated carbocycles. The third kappa shape index (κ3) is 5.97. The van der Waals surface area contributed by atoms with E-state index >= 15 is 0 Å². The summed E-state index contributed by atoms with van der Waals surface area (Å²) in [6, 6.07) is 8.11. The first-order valence-electron chi connectivity index (χ1n) is 10.9. The Kier molecular flexibility index (Phi) is 7.57. The maximum Gasteiger partial charge on any atom is 0.254 e. The average molecular weight is 373 g/mol. The van der Waals surface area contributed by atoms with Crippen molar-refractivity contribution in [3.8, 4) is 5.75 Å². The van der Waals surface area contributed by atoms with Gasteiger partial charge in [-0.05, 0) is 81.8 Å². The van der Waals surface area contributed by atoms with Gasteiger partial charge in [0.2, 0.25) is 0 Å². The zero-order valence-electron chi connectivity index (χ0n) is 17.2. The fraction of sp³-hybridized carbons (Fsp3) is 0.696. The number of benzene rings is 1. The second kappa shape index (κ2) is 10.1. The molecular weight excluding hydrogens is 336 g/mol. The molecule has 0 spiro atoms. The molecule has 4 nitrogen and oxygen atoms in total. The van der Waals surface area contributed by atoms with E-state index in [4.69, 9.17) is 4.74 Å². The van der Waals surface area contributed by atoms with Crippen LogP contribution in [0.2, 0.25) is 0 Å². The summed E-state index contributed by atoms with van der Waals surface area (Å²) < 4.78 is 5.74. The van der Waals surface area contributed by atoms with E-state index in [9.17, 15) is 4.79 Å². The Labute approximate surface area is 164 Å². The van der Waals surface area contributed by atoms with Crippen molar-refractivity contribution in [3.63, 3.8) is 0 Å². The lowest BCUT2D eigenvalue weighted by molar-refractivity contribution is 0.0579. The molecule has 4 heteroatoms. The molecule has 150 valence electrons. The van der Waals surface area contributed by atoms with E-state index in [-0.39, 0.29) is 5.91 Å². The summed E-state index contributed by atoms with van der Waals surface area (Å²) in [7, 11) is 0. The molecule has 2 saturated heterocycles. The first-order valence-corrected chi connectivity index (χ1v) is 10.9. The molecule has 1 aromatic rings. The predicted molar refractivity (Wildman–Crippen MR) is 110 cm³/mol. The smallest absolute Gasteiger partial charge is 0.254 e. The topological polar surface area (TPSA) is 32.8 Å². The van der Waals surface area contributed by atoms with Crippen LogP contribution in [0.3, 0.4) is 0 Å². The van der Waals surface area contributed by atoms with Crippen LogP contribution in [0.1, 0.15) is 69.2 Å². The molecule has 2 fully saturated rings. The molecule has 0 aromatic heterocycles. The number of ether oxygens (including phenoxy) is 1. The highest BCUT2D eigenvalue weighted by Crippen LogP contribution is 2.24. The highest BCUT2D eigenvalue weighted by atomic mass is 16.5. The van der Waals surface area contributed by atoms with Gasteiger partial charge < -0.3 is 14.5 Å². The molecule has 1 amide bonds. The summed E-state index contributed by atoms with van der Waals surface area (Å²) in [5, 5.41) is 0. The second-order valence-electron chi connectivity index (χ2n) is 8.57. The summed E-state index contributed by atoms with van der Waals surface area (Å²) in [5.74, 6) is 1.54. The summed E-state index contributed by atoms with van der Waals surface area (Å²) in [6.45, 7) is 9.48. The quantitative estimate of drug-likeness (QED) is 0.702. The summed E-state index contributed by atoms with van der Waals surface area (Å²) in [5.41, 5.74) is 0.789. The number of hydrogen-bond donors (Lipinski definition) is 0. The van der Waals surface area contributed by atoms with E-state index in [0.29, 0.717) is 18.6 Å². The standard InChI is InChI=1S/C23H36N2O2/c1-19(2)18-27-22-11-9-20(10-12-22)23(26)25-16-7-4-8-21(25)13-17-24-14-5-3-6-15-24/h9-12,19,21H,3-8,13-18H2,1-2H3/t21-/m1/s1. The number of rotatable bonds is 7. The molecule has 27 heavy (non-hydrogen) atoms. The number of piperidine rings is 2. The van der Waals surface area contributed by atoms with Gasteiger partial charge in [0.05, 0.1) is 6.61 Å². The molecule has 0 aliphatic carbocycles. The van der Waals surface area contributed by atoms with Gasteiger partial charge in [0.1, 0.15) is 5.75 Å². The van der Waals surface area contributed by atoms with Crippen LogP contribution in [0.15, 0.2) is 24.3 Å². The monoisotopic (exact) mass is 372 g/mol. The van der Waals surface area contributed by atoms with E-state index in [1.807, 2.05) is 24.3 Å². The minimum absolute atomic E-state index is 0.189. The van der Waals surface area contributed by atoms with Crippen molar-refractivity contribution in [2.45, 2.75) is 64.8 Å². The molecule has 1 aromatic carbocycles. The largest absolute Gasteiger partial charge is 0.493 e. The minimum Gasteiger partial charge on any atom is -0.493 e. The van der Waals surface area contributed by atoms with E-state index in [0.717, 1.165) is 43.7 Å². The third-order valence-corrected chi connectivity index (χ3v) is 5.80. The van der Waals surface area contributed by atoms with E-state index in [1.54, 1.807) is 0 Å². The Hall–Kier alpha value is -1.55. The van der Waals surface area contributed by atoms with Crippen molar-refractivity contribution in [3.05, 3.63) is 29.8 Å². The van der Waals surface area contributed by atoms with Gasteiger partial charge in [0, 0.05) is 24.7 Å². The summed E-state index contributed by atoms with van der Waals surface area (Å²) >= 11 is 0. The van der Waals surface area contributed by atoms with Crippen molar-refractivity contribution in [2.24, 2.45) is 5.92 Å². The van der Waals surface area contributed by atoms with Crippen LogP contribution in [0, 0.1) is 5.92 Å². The van der Waals surface area contributed by atoms with Gasteiger partial charge in [-0.2, -0.15) is 0 Å². The summed E-state index contributed by atoms with van der Waals surface area (Å²) in [6.07, 6.45) is 8.67. The Morgan fingerprint density at radius 3 is 2.44 bits per heavy atom. The summed E-state index contributed by atoms with van der Waals surface area (Å²) in [4.78, 5) is 17.8. The van der Waals surface area contributed by atoms with Crippen molar-refractivity contribution < 1.29 is 9.53 Å². The number of hydrogen-bond acceptors (Lipinski definition) is 3. The maximum absolute atomic E-state index is 13.1. The molecule has 0 unspecified atom stereocenters. The van der Waals surface area contributed by atoms with Gasteiger partial charge in [0.15, 0.2) is 0 Å². The lowest BCUT2D eigenvalue weighted by atomic mass is 9.97. The number of carbonyl (C=O) groups is 1. The molecule has 3 rings (SSSR count). The zero-order valence-corrected chi connectivity index (χ0v) is 17.2. The first kappa shape index (κ1) is 20.2. The number of nitrogens with zero attached hydrogens (tertiary/aromatic N) is 2. The Morgan fingerprint density at radius 1 is 1.04 bits per heavy atom. The van der Waals surface area contributed by atoms with Crippen LogP contribution in [0.4, 0.5) is 0 Å². The molecule has 1 atom stereocenters. The number of likely N-dealkylation sites (tertiary alicyclic amines) is 2. The van der Waals surface area contributed by atoms with Gasteiger partial charge in [-0.15, -0.1) is 0 Å². The lowest BCUT2D eigenvalue weighted by Gasteiger charge is -2.37.